The summed E-state index contributed by atoms with van der Waals surface area (Å²) in [5, 5.41) is 3.56. The number of morpholine rings is 1. The minimum atomic E-state index is 0.511. The Morgan fingerprint density at radius 1 is 1.10 bits per heavy atom. The second-order valence-corrected chi connectivity index (χ2v) is 8.17. The predicted octanol–water partition coefficient (Wildman–Crippen LogP) is 4.16. The molecule has 0 bridgehead atoms. The zero-order chi connectivity index (χ0) is 20.5. The molecule has 0 amide bonds. The third kappa shape index (κ3) is 6.71. The normalized spacial score (nSPS) is 14.7. The summed E-state index contributed by atoms with van der Waals surface area (Å²) in [6, 6.07) is 12.4. The topological polar surface area (TPSA) is 43.0 Å². The molecule has 1 aliphatic heterocycles. The average molecular weight is 463 g/mol. The highest BCUT2D eigenvalue weighted by Gasteiger charge is 2.15. The summed E-state index contributed by atoms with van der Waals surface area (Å²) >= 11 is 3.68. The first kappa shape index (κ1) is 22.1. The SMILES string of the molecule is COc1ccc(Br)c(CNCCCN2CCOCC2)c1OCc1ccc(C)cc1. The van der Waals surface area contributed by atoms with Crippen LogP contribution in [0.2, 0.25) is 0 Å². The molecule has 0 radical (unpaired) electrons. The maximum absolute atomic E-state index is 6.20. The maximum Gasteiger partial charge on any atom is 0.167 e. The number of hydrogen-bond donors (Lipinski definition) is 1. The molecular formula is C23H31BrN2O3. The van der Waals surface area contributed by atoms with E-state index in [4.69, 9.17) is 14.2 Å². The zero-order valence-electron chi connectivity index (χ0n) is 17.4. The number of ether oxygens (including phenoxy) is 3. The number of halogens is 1. The highest BCUT2D eigenvalue weighted by Crippen LogP contribution is 2.36. The van der Waals surface area contributed by atoms with Gasteiger partial charge in [0.15, 0.2) is 11.5 Å². The molecule has 1 N–H and O–H groups in total. The molecule has 6 heteroatoms. The van der Waals surface area contributed by atoms with Gasteiger partial charge in [0.1, 0.15) is 6.61 Å². The van der Waals surface area contributed by atoms with Gasteiger partial charge in [-0.15, -0.1) is 0 Å². The molecule has 1 aliphatic rings. The van der Waals surface area contributed by atoms with E-state index < -0.39 is 0 Å². The van der Waals surface area contributed by atoms with Crippen molar-refractivity contribution in [2.75, 3.05) is 46.5 Å². The Hall–Kier alpha value is -1.60. The van der Waals surface area contributed by atoms with Gasteiger partial charge in [0, 0.05) is 29.7 Å². The smallest absolute Gasteiger partial charge is 0.167 e. The van der Waals surface area contributed by atoms with Crippen molar-refractivity contribution in [1.29, 1.82) is 0 Å². The van der Waals surface area contributed by atoms with Crippen LogP contribution in [0.1, 0.15) is 23.1 Å². The Balaban J connectivity index is 1.56. The number of nitrogens with one attached hydrogen (secondary N) is 1. The summed E-state index contributed by atoms with van der Waals surface area (Å²) in [5.74, 6) is 1.55. The monoisotopic (exact) mass is 462 g/mol. The number of benzene rings is 2. The van der Waals surface area contributed by atoms with Crippen molar-refractivity contribution >= 4 is 15.9 Å². The van der Waals surface area contributed by atoms with E-state index in [0.29, 0.717) is 6.61 Å². The van der Waals surface area contributed by atoms with E-state index in [1.165, 1.54) is 5.56 Å². The summed E-state index contributed by atoms with van der Waals surface area (Å²) in [4.78, 5) is 2.46. The van der Waals surface area contributed by atoms with E-state index in [1.54, 1.807) is 7.11 Å². The van der Waals surface area contributed by atoms with Crippen molar-refractivity contribution in [3.8, 4) is 11.5 Å². The first-order valence-corrected chi connectivity index (χ1v) is 11.0. The Labute approximate surface area is 182 Å². The van der Waals surface area contributed by atoms with Crippen LogP contribution in [0.25, 0.3) is 0 Å². The Kier molecular flexibility index (Phi) is 8.80. The van der Waals surface area contributed by atoms with Gasteiger partial charge in [-0.1, -0.05) is 45.8 Å². The number of rotatable bonds is 10. The highest BCUT2D eigenvalue weighted by molar-refractivity contribution is 9.10. The molecule has 3 rings (SSSR count). The summed E-state index contributed by atoms with van der Waals surface area (Å²) in [6.07, 6.45) is 1.11. The maximum atomic E-state index is 6.20. The van der Waals surface area contributed by atoms with Gasteiger partial charge in [0.2, 0.25) is 0 Å². The molecule has 158 valence electrons. The lowest BCUT2D eigenvalue weighted by Gasteiger charge is -2.26. The number of aryl methyl sites for hydroxylation is 1. The van der Waals surface area contributed by atoms with Crippen LogP contribution in [0.15, 0.2) is 40.9 Å². The van der Waals surface area contributed by atoms with E-state index >= 15 is 0 Å². The first-order chi connectivity index (χ1) is 14.2. The third-order valence-electron chi connectivity index (χ3n) is 5.12. The summed E-state index contributed by atoms with van der Waals surface area (Å²) in [7, 11) is 1.68. The molecule has 2 aromatic carbocycles. The molecule has 0 aromatic heterocycles. The second kappa shape index (κ2) is 11.6. The third-order valence-corrected chi connectivity index (χ3v) is 5.87. The van der Waals surface area contributed by atoms with Crippen LogP contribution < -0.4 is 14.8 Å². The lowest BCUT2D eigenvalue weighted by atomic mass is 10.1. The van der Waals surface area contributed by atoms with Crippen LogP contribution >= 0.6 is 15.9 Å². The van der Waals surface area contributed by atoms with Crippen molar-refractivity contribution in [3.63, 3.8) is 0 Å². The van der Waals surface area contributed by atoms with E-state index in [2.05, 4.69) is 57.3 Å². The van der Waals surface area contributed by atoms with Gasteiger partial charge in [-0.3, -0.25) is 4.90 Å². The molecule has 0 spiro atoms. The van der Waals surface area contributed by atoms with Crippen LogP contribution in [-0.2, 0) is 17.9 Å². The minimum absolute atomic E-state index is 0.511. The standard InChI is InChI=1S/C23H31BrN2O3/c1-18-4-6-19(7-5-18)17-29-23-20(21(24)8-9-22(23)27-2)16-25-10-3-11-26-12-14-28-15-13-26/h4-9,25H,3,10-17H2,1-2H3. The minimum Gasteiger partial charge on any atom is -0.493 e. The fraction of sp³-hybridized carbons (Fsp3) is 0.478. The molecule has 2 aromatic rings. The van der Waals surface area contributed by atoms with Crippen LogP contribution in [0.5, 0.6) is 11.5 Å². The summed E-state index contributed by atoms with van der Waals surface area (Å²) in [5.41, 5.74) is 3.47. The Morgan fingerprint density at radius 3 is 2.59 bits per heavy atom. The van der Waals surface area contributed by atoms with Gasteiger partial charge >= 0.3 is 0 Å². The Bertz CT molecular complexity index is 761. The van der Waals surface area contributed by atoms with Gasteiger partial charge in [0.05, 0.1) is 20.3 Å². The first-order valence-electron chi connectivity index (χ1n) is 10.2. The largest absolute Gasteiger partial charge is 0.493 e. The molecule has 5 nitrogen and oxygen atoms in total. The fourth-order valence-corrected chi connectivity index (χ4v) is 3.82. The fourth-order valence-electron chi connectivity index (χ4n) is 3.37. The summed E-state index contributed by atoms with van der Waals surface area (Å²) < 4.78 is 18.2. The van der Waals surface area contributed by atoms with Crippen LogP contribution in [0, 0.1) is 6.92 Å². The molecular weight excluding hydrogens is 432 g/mol. The van der Waals surface area contributed by atoms with E-state index in [-0.39, 0.29) is 0 Å². The van der Waals surface area contributed by atoms with Gasteiger partial charge < -0.3 is 19.5 Å². The van der Waals surface area contributed by atoms with E-state index in [9.17, 15) is 0 Å². The zero-order valence-corrected chi connectivity index (χ0v) is 19.0. The van der Waals surface area contributed by atoms with Crippen molar-refractivity contribution in [2.45, 2.75) is 26.5 Å². The van der Waals surface area contributed by atoms with Gasteiger partial charge in [-0.25, -0.2) is 0 Å². The van der Waals surface area contributed by atoms with E-state index in [0.717, 1.165) is 79.5 Å². The van der Waals surface area contributed by atoms with E-state index in [1.807, 2.05) is 12.1 Å². The Morgan fingerprint density at radius 2 is 1.86 bits per heavy atom. The average Bonchev–Trinajstić information content (AvgIpc) is 2.75. The molecule has 1 saturated heterocycles. The number of nitrogens with zero attached hydrogens (tertiary/aromatic N) is 1. The molecule has 0 unspecified atom stereocenters. The lowest BCUT2D eigenvalue weighted by molar-refractivity contribution is 0.0374. The highest BCUT2D eigenvalue weighted by atomic mass is 79.9. The molecule has 0 aliphatic carbocycles. The van der Waals surface area contributed by atoms with Crippen molar-refractivity contribution in [2.24, 2.45) is 0 Å². The van der Waals surface area contributed by atoms with Crippen molar-refractivity contribution < 1.29 is 14.2 Å². The van der Waals surface area contributed by atoms with Gasteiger partial charge in [0.25, 0.3) is 0 Å². The van der Waals surface area contributed by atoms with Crippen molar-refractivity contribution in [3.05, 3.63) is 57.6 Å². The predicted molar refractivity (Wildman–Crippen MR) is 120 cm³/mol. The molecule has 0 atom stereocenters. The van der Waals surface area contributed by atoms with Gasteiger partial charge in [-0.05, 0) is 44.1 Å². The molecule has 29 heavy (non-hydrogen) atoms. The van der Waals surface area contributed by atoms with Crippen LogP contribution in [0.4, 0.5) is 0 Å². The second-order valence-electron chi connectivity index (χ2n) is 7.32. The lowest BCUT2D eigenvalue weighted by Crippen LogP contribution is -2.37. The van der Waals surface area contributed by atoms with Gasteiger partial charge in [-0.2, -0.15) is 0 Å². The quantitative estimate of drug-likeness (QED) is 0.537. The number of methoxy groups -OCH3 is 1. The van der Waals surface area contributed by atoms with Crippen LogP contribution in [0.3, 0.4) is 0 Å². The molecule has 1 heterocycles. The van der Waals surface area contributed by atoms with Crippen molar-refractivity contribution in [1.82, 2.24) is 10.2 Å². The number of hydrogen-bond acceptors (Lipinski definition) is 5. The summed E-state index contributed by atoms with van der Waals surface area (Å²) in [6.45, 7) is 9.17. The van der Waals surface area contributed by atoms with Crippen LogP contribution in [-0.4, -0.2) is 51.4 Å². The molecule has 0 saturated carbocycles. The molecule has 1 fully saturated rings.